The molecule has 1 aromatic rings. The van der Waals surface area contributed by atoms with Crippen LogP contribution < -0.4 is 4.74 Å². The highest BCUT2D eigenvalue weighted by molar-refractivity contribution is 6.33. The predicted molar refractivity (Wildman–Crippen MR) is 68.2 cm³/mol. The van der Waals surface area contributed by atoms with Crippen LogP contribution in [0.2, 0.25) is 5.02 Å². The van der Waals surface area contributed by atoms with Crippen LogP contribution in [0.5, 0.6) is 5.75 Å². The molecule has 19 heavy (non-hydrogen) atoms. The van der Waals surface area contributed by atoms with Gasteiger partial charge in [0.25, 0.3) is 0 Å². The predicted octanol–water partition coefficient (Wildman–Crippen LogP) is 2.18. The number of benzene rings is 1. The Morgan fingerprint density at radius 2 is 2.11 bits per heavy atom. The molecule has 0 N–H and O–H groups in total. The summed E-state index contributed by atoms with van der Waals surface area (Å²) >= 11 is 5.77. The maximum Gasteiger partial charge on any atom is 0.330 e. The summed E-state index contributed by atoms with van der Waals surface area (Å²) in [6, 6.07) is 4.25. The molecule has 0 saturated carbocycles. The van der Waals surface area contributed by atoms with Crippen LogP contribution in [0.1, 0.15) is 16.8 Å². The number of ether oxygens (including phenoxy) is 2. The number of hydrogen-bond acceptors (Lipinski definition) is 5. The summed E-state index contributed by atoms with van der Waals surface area (Å²) < 4.78 is 9.58. The summed E-state index contributed by atoms with van der Waals surface area (Å²) in [6.45, 7) is 3.12. The van der Waals surface area contributed by atoms with E-state index in [1.54, 1.807) is 0 Å². The fourth-order valence-corrected chi connectivity index (χ4v) is 1.36. The van der Waals surface area contributed by atoms with Crippen molar-refractivity contribution in [1.82, 2.24) is 0 Å². The van der Waals surface area contributed by atoms with Crippen molar-refractivity contribution in [1.29, 1.82) is 0 Å². The molecule has 0 aromatic heterocycles. The molecular formula is C13H11ClO5. The fourth-order valence-electron chi connectivity index (χ4n) is 1.14. The molecule has 0 fully saturated rings. The van der Waals surface area contributed by atoms with E-state index >= 15 is 0 Å². The number of hydrogen-bond donors (Lipinski definition) is 0. The van der Waals surface area contributed by atoms with E-state index in [0.717, 1.165) is 6.08 Å². The lowest BCUT2D eigenvalue weighted by molar-refractivity contribution is -0.141. The van der Waals surface area contributed by atoms with Crippen molar-refractivity contribution in [3.05, 3.63) is 41.4 Å². The second-order valence-corrected chi connectivity index (χ2v) is 3.80. The van der Waals surface area contributed by atoms with E-state index in [2.05, 4.69) is 11.3 Å². The first-order valence-corrected chi connectivity index (χ1v) is 5.69. The zero-order chi connectivity index (χ0) is 14.3. The molecule has 0 amide bonds. The van der Waals surface area contributed by atoms with Crippen molar-refractivity contribution in [2.24, 2.45) is 0 Å². The monoisotopic (exact) mass is 282 g/mol. The molecule has 0 aliphatic carbocycles. The number of carbonyl (C=O) groups is 3. The molecule has 0 radical (unpaired) electrons. The van der Waals surface area contributed by atoms with Gasteiger partial charge in [0.05, 0.1) is 11.4 Å². The third-order valence-corrected chi connectivity index (χ3v) is 2.38. The van der Waals surface area contributed by atoms with Crippen LogP contribution in [0.25, 0.3) is 0 Å². The molecule has 100 valence electrons. The topological polar surface area (TPSA) is 69.7 Å². The first kappa shape index (κ1) is 14.9. The normalized spacial score (nSPS) is 9.53. The van der Waals surface area contributed by atoms with Gasteiger partial charge in [-0.2, -0.15) is 0 Å². The Morgan fingerprint density at radius 3 is 2.68 bits per heavy atom. The average Bonchev–Trinajstić information content (AvgIpc) is 2.38. The smallest absolute Gasteiger partial charge is 0.330 e. The average molecular weight is 283 g/mol. The highest BCUT2D eigenvalue weighted by Crippen LogP contribution is 2.21. The SMILES string of the molecule is C=CC(=O)OCCC(=O)Oc1ccc(C=O)c(Cl)c1. The van der Waals surface area contributed by atoms with Crippen molar-refractivity contribution in [3.63, 3.8) is 0 Å². The Bertz CT molecular complexity index is 510. The summed E-state index contributed by atoms with van der Waals surface area (Å²) in [7, 11) is 0. The Kier molecular flexibility index (Phi) is 5.75. The minimum Gasteiger partial charge on any atom is -0.462 e. The molecule has 6 heteroatoms. The molecular weight excluding hydrogens is 272 g/mol. The van der Waals surface area contributed by atoms with Gasteiger partial charge in [0.1, 0.15) is 12.4 Å². The molecule has 0 unspecified atom stereocenters. The quantitative estimate of drug-likeness (QED) is 0.346. The molecule has 0 spiro atoms. The van der Waals surface area contributed by atoms with E-state index in [1.165, 1.54) is 18.2 Å². The third kappa shape index (κ3) is 4.93. The zero-order valence-corrected chi connectivity index (χ0v) is 10.7. The van der Waals surface area contributed by atoms with Gasteiger partial charge in [-0.15, -0.1) is 0 Å². The van der Waals surface area contributed by atoms with E-state index in [-0.39, 0.29) is 23.8 Å². The molecule has 0 bridgehead atoms. The van der Waals surface area contributed by atoms with Gasteiger partial charge in [-0.1, -0.05) is 18.2 Å². The lowest BCUT2D eigenvalue weighted by Crippen LogP contribution is -2.13. The summed E-state index contributed by atoms with van der Waals surface area (Å²) in [5, 5.41) is 0.193. The van der Waals surface area contributed by atoms with Crippen LogP contribution in [-0.4, -0.2) is 24.8 Å². The maximum atomic E-state index is 11.4. The fraction of sp³-hybridized carbons (Fsp3) is 0.154. The van der Waals surface area contributed by atoms with Crippen LogP contribution in [0.3, 0.4) is 0 Å². The molecule has 0 atom stereocenters. The summed E-state index contributed by atoms with van der Waals surface area (Å²) in [5.74, 6) is -0.964. The number of aldehydes is 1. The van der Waals surface area contributed by atoms with Crippen LogP contribution in [0, 0.1) is 0 Å². The molecule has 0 aliphatic heterocycles. The van der Waals surface area contributed by atoms with Gasteiger partial charge in [0, 0.05) is 17.7 Å². The van der Waals surface area contributed by atoms with Gasteiger partial charge < -0.3 is 9.47 Å². The highest BCUT2D eigenvalue weighted by Gasteiger charge is 2.08. The molecule has 1 aromatic carbocycles. The first-order chi connectivity index (χ1) is 9.06. The van der Waals surface area contributed by atoms with Crippen molar-refractivity contribution >= 4 is 29.8 Å². The molecule has 0 saturated heterocycles. The van der Waals surface area contributed by atoms with Crippen molar-refractivity contribution in [2.75, 3.05) is 6.61 Å². The van der Waals surface area contributed by atoms with Crippen molar-refractivity contribution in [2.45, 2.75) is 6.42 Å². The largest absolute Gasteiger partial charge is 0.462 e. The van der Waals surface area contributed by atoms with Crippen LogP contribution in [0.15, 0.2) is 30.9 Å². The summed E-state index contributed by atoms with van der Waals surface area (Å²) in [4.78, 5) is 32.7. The Morgan fingerprint density at radius 1 is 1.37 bits per heavy atom. The van der Waals surface area contributed by atoms with Crippen molar-refractivity contribution in [3.8, 4) is 5.75 Å². The van der Waals surface area contributed by atoms with Crippen LogP contribution >= 0.6 is 11.6 Å². The van der Waals surface area contributed by atoms with Gasteiger partial charge in [-0.05, 0) is 12.1 Å². The highest BCUT2D eigenvalue weighted by atomic mass is 35.5. The van der Waals surface area contributed by atoms with Gasteiger partial charge in [0.15, 0.2) is 6.29 Å². The maximum absolute atomic E-state index is 11.4. The number of rotatable bonds is 6. The molecule has 0 aliphatic rings. The standard InChI is InChI=1S/C13H11ClO5/c1-2-12(16)18-6-5-13(17)19-10-4-3-9(8-15)11(14)7-10/h2-4,7-8H,1,5-6H2. The van der Waals surface area contributed by atoms with Gasteiger partial charge in [-0.25, -0.2) is 4.79 Å². The lowest BCUT2D eigenvalue weighted by atomic mass is 10.2. The van der Waals surface area contributed by atoms with Crippen molar-refractivity contribution < 1.29 is 23.9 Å². The lowest BCUT2D eigenvalue weighted by Gasteiger charge is -2.05. The number of esters is 2. The van der Waals surface area contributed by atoms with E-state index in [1.807, 2.05) is 0 Å². The first-order valence-electron chi connectivity index (χ1n) is 5.31. The Labute approximate surface area is 114 Å². The molecule has 1 rings (SSSR count). The summed E-state index contributed by atoms with van der Waals surface area (Å²) in [5.41, 5.74) is 0.307. The third-order valence-electron chi connectivity index (χ3n) is 2.05. The second kappa shape index (κ2) is 7.33. The van der Waals surface area contributed by atoms with E-state index in [0.29, 0.717) is 11.8 Å². The Balaban J connectivity index is 2.48. The van der Waals surface area contributed by atoms with Gasteiger partial charge in [0.2, 0.25) is 0 Å². The molecule has 0 heterocycles. The van der Waals surface area contributed by atoms with Crippen LogP contribution in [0.4, 0.5) is 0 Å². The minimum absolute atomic E-state index is 0.0906. The second-order valence-electron chi connectivity index (χ2n) is 3.40. The number of carbonyl (C=O) groups excluding carboxylic acids is 3. The van der Waals surface area contributed by atoms with E-state index in [9.17, 15) is 14.4 Å². The van der Waals surface area contributed by atoms with Gasteiger partial charge >= 0.3 is 11.9 Å². The van der Waals surface area contributed by atoms with E-state index in [4.69, 9.17) is 16.3 Å². The minimum atomic E-state index is -0.605. The summed E-state index contributed by atoms with van der Waals surface area (Å²) in [6.07, 6.45) is 1.51. The van der Waals surface area contributed by atoms with Gasteiger partial charge in [-0.3, -0.25) is 9.59 Å². The number of halogens is 1. The van der Waals surface area contributed by atoms with Crippen LogP contribution in [-0.2, 0) is 14.3 Å². The van der Waals surface area contributed by atoms with E-state index < -0.39 is 11.9 Å². The molecule has 5 nitrogen and oxygen atoms in total. The zero-order valence-electron chi connectivity index (χ0n) is 9.93. The Hall–Kier alpha value is -2.14.